The highest BCUT2D eigenvalue weighted by Gasteiger charge is 2.20. The largest absolute Gasteiger partial charge is 0.370 e. The van der Waals surface area contributed by atoms with Crippen molar-refractivity contribution in [1.29, 1.82) is 0 Å². The highest BCUT2D eigenvalue weighted by molar-refractivity contribution is 7.19. The van der Waals surface area contributed by atoms with Crippen LogP contribution >= 0.6 is 11.3 Å². The molecule has 2 aromatic heterocycles. The maximum atomic E-state index is 13.4. The number of thiophene rings is 1. The minimum absolute atomic E-state index is 0.0319. The molecule has 0 unspecified atom stereocenters. The first-order chi connectivity index (χ1) is 13.6. The number of amides is 1. The number of aryl methyl sites for hydroxylation is 2. The number of primary amides is 1. The third-order valence-corrected chi connectivity index (χ3v) is 6.23. The van der Waals surface area contributed by atoms with Gasteiger partial charge in [-0.3, -0.25) is 14.2 Å². The zero-order chi connectivity index (χ0) is 21.3. The van der Waals surface area contributed by atoms with Gasteiger partial charge in [0.15, 0.2) is 0 Å². The van der Waals surface area contributed by atoms with E-state index in [9.17, 15) is 9.59 Å². The average Bonchev–Trinajstić information content (AvgIpc) is 2.98. The number of aromatic nitrogens is 2. The van der Waals surface area contributed by atoms with E-state index >= 15 is 0 Å². The molecule has 0 radical (unpaired) electrons. The van der Waals surface area contributed by atoms with E-state index in [4.69, 9.17) is 10.7 Å². The second-order valence-electron chi connectivity index (χ2n) is 8.45. The molecule has 3 aromatic rings. The van der Waals surface area contributed by atoms with Gasteiger partial charge in [0.2, 0.25) is 5.91 Å². The van der Waals surface area contributed by atoms with Gasteiger partial charge in [0.25, 0.3) is 5.56 Å². The van der Waals surface area contributed by atoms with E-state index in [-0.39, 0.29) is 23.3 Å². The van der Waals surface area contributed by atoms with Gasteiger partial charge in [0, 0.05) is 29.8 Å². The van der Waals surface area contributed by atoms with Crippen molar-refractivity contribution in [2.24, 2.45) is 5.73 Å². The summed E-state index contributed by atoms with van der Waals surface area (Å²) in [5.41, 5.74) is 8.57. The SMILES string of the molecule is CCc1nc2sc(C)c(-c3ccc(C(C)(C)C)cc3)c2c(=O)n1CCCC(N)=O. The van der Waals surface area contributed by atoms with Crippen molar-refractivity contribution in [3.8, 4) is 11.1 Å². The molecule has 6 heteroatoms. The Morgan fingerprint density at radius 2 is 1.86 bits per heavy atom. The molecule has 3 rings (SSSR count). The quantitative estimate of drug-likeness (QED) is 0.646. The zero-order valence-electron chi connectivity index (χ0n) is 17.8. The standard InChI is InChI=1S/C23H29N3O2S/c1-6-18-25-21-20(22(28)26(18)13-7-8-17(24)27)19(14(2)29-21)15-9-11-16(12-10-15)23(3,4)5/h9-12H,6-8,13H2,1-5H3,(H2,24,27). The number of carbonyl (C=O) groups excluding carboxylic acids is 1. The summed E-state index contributed by atoms with van der Waals surface area (Å²) in [6, 6.07) is 8.47. The summed E-state index contributed by atoms with van der Waals surface area (Å²) in [5.74, 6) is 0.402. The molecule has 0 saturated heterocycles. The Kier molecular flexibility index (Phi) is 5.94. The van der Waals surface area contributed by atoms with Crippen molar-refractivity contribution in [2.75, 3.05) is 0 Å². The second kappa shape index (κ2) is 8.11. The van der Waals surface area contributed by atoms with Gasteiger partial charge in [-0.2, -0.15) is 0 Å². The van der Waals surface area contributed by atoms with Crippen molar-refractivity contribution < 1.29 is 4.79 Å². The Balaban J connectivity index is 2.14. The first-order valence-electron chi connectivity index (χ1n) is 10.1. The van der Waals surface area contributed by atoms with Crippen LogP contribution in [-0.2, 0) is 23.2 Å². The third kappa shape index (κ3) is 4.27. The Hall–Kier alpha value is -2.47. The number of hydrogen-bond donors (Lipinski definition) is 1. The molecule has 0 aliphatic carbocycles. The van der Waals surface area contributed by atoms with Gasteiger partial charge in [0.05, 0.1) is 5.39 Å². The number of nitrogens with two attached hydrogens (primary N) is 1. The minimum atomic E-state index is -0.351. The van der Waals surface area contributed by atoms with Crippen LogP contribution < -0.4 is 11.3 Å². The summed E-state index contributed by atoms with van der Waals surface area (Å²) >= 11 is 1.57. The molecule has 0 bridgehead atoms. The molecule has 0 saturated carbocycles. The Morgan fingerprint density at radius 1 is 1.21 bits per heavy atom. The molecule has 154 valence electrons. The van der Waals surface area contributed by atoms with Crippen LogP contribution in [0.15, 0.2) is 29.1 Å². The number of benzene rings is 1. The van der Waals surface area contributed by atoms with E-state index in [1.54, 1.807) is 15.9 Å². The molecular formula is C23H29N3O2S. The van der Waals surface area contributed by atoms with Gasteiger partial charge in [0.1, 0.15) is 10.7 Å². The van der Waals surface area contributed by atoms with E-state index in [0.717, 1.165) is 26.7 Å². The Morgan fingerprint density at radius 3 is 2.41 bits per heavy atom. The van der Waals surface area contributed by atoms with Crippen LogP contribution in [-0.4, -0.2) is 15.5 Å². The molecule has 0 fully saturated rings. The normalized spacial score (nSPS) is 11.9. The van der Waals surface area contributed by atoms with E-state index in [1.807, 2.05) is 13.8 Å². The molecule has 0 aliphatic heterocycles. The maximum Gasteiger partial charge on any atom is 0.262 e. The number of fused-ring (bicyclic) bond motifs is 1. The highest BCUT2D eigenvalue weighted by Crippen LogP contribution is 2.36. The molecule has 1 aromatic carbocycles. The number of carbonyl (C=O) groups is 1. The van der Waals surface area contributed by atoms with Gasteiger partial charge in [-0.15, -0.1) is 11.3 Å². The lowest BCUT2D eigenvalue weighted by Crippen LogP contribution is -2.26. The molecular weight excluding hydrogens is 382 g/mol. The molecule has 2 heterocycles. The molecule has 2 N–H and O–H groups in total. The number of nitrogens with zero attached hydrogens (tertiary/aromatic N) is 2. The predicted molar refractivity (Wildman–Crippen MR) is 121 cm³/mol. The minimum Gasteiger partial charge on any atom is -0.370 e. The fraction of sp³-hybridized carbons (Fsp3) is 0.435. The van der Waals surface area contributed by atoms with Crippen LogP contribution in [0.2, 0.25) is 0 Å². The van der Waals surface area contributed by atoms with Crippen molar-refractivity contribution >= 4 is 27.5 Å². The fourth-order valence-corrected chi connectivity index (χ4v) is 4.69. The Labute approximate surface area is 175 Å². The van der Waals surface area contributed by atoms with Crippen LogP contribution in [0.25, 0.3) is 21.3 Å². The molecule has 5 nitrogen and oxygen atoms in total. The summed E-state index contributed by atoms with van der Waals surface area (Å²) in [5, 5.41) is 0.673. The van der Waals surface area contributed by atoms with Crippen LogP contribution in [0, 0.1) is 6.92 Å². The van der Waals surface area contributed by atoms with Gasteiger partial charge in [-0.05, 0) is 29.9 Å². The summed E-state index contributed by atoms with van der Waals surface area (Å²) in [6.45, 7) is 11.0. The lowest BCUT2D eigenvalue weighted by atomic mass is 9.86. The van der Waals surface area contributed by atoms with E-state index < -0.39 is 0 Å². The van der Waals surface area contributed by atoms with E-state index in [0.29, 0.717) is 24.8 Å². The summed E-state index contributed by atoms with van der Waals surface area (Å²) in [7, 11) is 0. The first kappa shape index (κ1) is 21.2. The summed E-state index contributed by atoms with van der Waals surface area (Å²) in [4.78, 5) is 31.2. The highest BCUT2D eigenvalue weighted by atomic mass is 32.1. The van der Waals surface area contributed by atoms with Crippen LogP contribution in [0.4, 0.5) is 0 Å². The van der Waals surface area contributed by atoms with Gasteiger partial charge < -0.3 is 5.73 Å². The van der Waals surface area contributed by atoms with Crippen molar-refractivity contribution in [1.82, 2.24) is 9.55 Å². The summed E-state index contributed by atoms with van der Waals surface area (Å²) < 4.78 is 1.71. The lowest BCUT2D eigenvalue weighted by Gasteiger charge is -2.19. The van der Waals surface area contributed by atoms with Gasteiger partial charge >= 0.3 is 0 Å². The van der Waals surface area contributed by atoms with Gasteiger partial charge in [-0.1, -0.05) is 52.0 Å². The van der Waals surface area contributed by atoms with Gasteiger partial charge in [-0.25, -0.2) is 4.98 Å². The van der Waals surface area contributed by atoms with E-state index in [2.05, 4.69) is 45.0 Å². The molecule has 0 aliphatic rings. The number of hydrogen-bond acceptors (Lipinski definition) is 4. The van der Waals surface area contributed by atoms with Crippen molar-refractivity contribution in [2.45, 2.75) is 65.8 Å². The topological polar surface area (TPSA) is 78.0 Å². The third-order valence-electron chi connectivity index (χ3n) is 5.23. The lowest BCUT2D eigenvalue weighted by molar-refractivity contribution is -0.118. The first-order valence-corrected chi connectivity index (χ1v) is 10.9. The van der Waals surface area contributed by atoms with Crippen LogP contribution in [0.3, 0.4) is 0 Å². The van der Waals surface area contributed by atoms with Crippen molar-refractivity contribution in [3.05, 3.63) is 50.9 Å². The second-order valence-corrected chi connectivity index (χ2v) is 9.65. The van der Waals surface area contributed by atoms with E-state index in [1.165, 1.54) is 5.56 Å². The van der Waals surface area contributed by atoms with Crippen LogP contribution in [0.1, 0.15) is 56.8 Å². The summed E-state index contributed by atoms with van der Waals surface area (Å²) in [6.07, 6.45) is 1.46. The number of rotatable bonds is 6. The van der Waals surface area contributed by atoms with Crippen molar-refractivity contribution in [3.63, 3.8) is 0 Å². The fourth-order valence-electron chi connectivity index (χ4n) is 3.63. The molecule has 0 atom stereocenters. The van der Waals surface area contributed by atoms with Crippen LogP contribution in [0.5, 0.6) is 0 Å². The molecule has 1 amide bonds. The predicted octanol–water partition coefficient (Wildman–Crippen LogP) is 4.56. The smallest absolute Gasteiger partial charge is 0.262 e. The Bertz CT molecular complexity index is 1100. The maximum absolute atomic E-state index is 13.4. The average molecular weight is 412 g/mol. The zero-order valence-corrected chi connectivity index (χ0v) is 18.7. The molecule has 29 heavy (non-hydrogen) atoms. The monoisotopic (exact) mass is 411 g/mol. The molecule has 0 spiro atoms.